The molecule has 92 valence electrons. The number of benzene rings is 1. The average Bonchev–Trinajstić information content (AvgIpc) is 3.01. The normalized spacial score (nSPS) is 16.7. The third-order valence-electron chi connectivity index (χ3n) is 3.72. The zero-order valence-corrected chi connectivity index (χ0v) is 11.0. The first-order valence-electron chi connectivity index (χ1n) is 6.10. The first-order chi connectivity index (χ1) is 8.65. The van der Waals surface area contributed by atoms with Crippen LogP contribution in [0.4, 0.5) is 0 Å². The van der Waals surface area contributed by atoms with E-state index in [1.54, 1.807) is 6.07 Å². The molecule has 0 unspecified atom stereocenters. The molecule has 0 spiro atoms. The van der Waals surface area contributed by atoms with Crippen molar-refractivity contribution < 1.29 is 0 Å². The number of aromatic nitrogens is 2. The van der Waals surface area contributed by atoms with Gasteiger partial charge in [0.1, 0.15) is 5.82 Å². The van der Waals surface area contributed by atoms with Gasteiger partial charge in [-0.05, 0) is 36.5 Å². The number of nitrogens with zero attached hydrogens (tertiary/aromatic N) is 3. The van der Waals surface area contributed by atoms with Crippen molar-refractivity contribution in [3.05, 3.63) is 29.6 Å². The number of rotatable bonds is 3. The number of nitriles is 1. The molecule has 1 aromatic carbocycles. The van der Waals surface area contributed by atoms with Gasteiger partial charge in [-0.2, -0.15) is 5.26 Å². The van der Waals surface area contributed by atoms with Crippen LogP contribution in [0.1, 0.15) is 31.2 Å². The number of imidazole rings is 1. The minimum absolute atomic E-state index is 0.386. The standard InChI is InChI=1S/C14H14ClN3/c1-14(4-5-14)9-18-12-6-10(8-16)2-3-11(12)17-13(18)7-15/h2-3,6H,4-5,7,9H2,1H3. The van der Waals surface area contributed by atoms with Crippen LogP contribution in [0.2, 0.25) is 0 Å². The number of fused-ring (bicyclic) bond motifs is 1. The van der Waals surface area contributed by atoms with Crippen LogP contribution in [0.3, 0.4) is 0 Å². The molecule has 1 aromatic heterocycles. The van der Waals surface area contributed by atoms with Gasteiger partial charge in [0.2, 0.25) is 0 Å². The fourth-order valence-electron chi connectivity index (χ4n) is 2.27. The van der Waals surface area contributed by atoms with E-state index in [-0.39, 0.29) is 0 Å². The van der Waals surface area contributed by atoms with E-state index in [9.17, 15) is 0 Å². The Morgan fingerprint density at radius 3 is 2.89 bits per heavy atom. The van der Waals surface area contributed by atoms with Crippen molar-refractivity contribution in [1.82, 2.24) is 9.55 Å². The maximum Gasteiger partial charge on any atom is 0.124 e. The highest BCUT2D eigenvalue weighted by molar-refractivity contribution is 6.16. The fourth-order valence-corrected chi connectivity index (χ4v) is 2.48. The van der Waals surface area contributed by atoms with E-state index in [0.29, 0.717) is 16.9 Å². The molecule has 3 rings (SSSR count). The highest BCUT2D eigenvalue weighted by Gasteiger charge is 2.38. The van der Waals surface area contributed by atoms with E-state index in [1.807, 2.05) is 12.1 Å². The molecule has 0 atom stereocenters. The summed E-state index contributed by atoms with van der Waals surface area (Å²) in [5.74, 6) is 1.31. The summed E-state index contributed by atoms with van der Waals surface area (Å²) in [6.45, 7) is 3.23. The number of hydrogen-bond acceptors (Lipinski definition) is 2. The van der Waals surface area contributed by atoms with E-state index in [0.717, 1.165) is 23.4 Å². The molecule has 0 radical (unpaired) electrons. The Morgan fingerprint density at radius 1 is 1.50 bits per heavy atom. The molecule has 2 aromatic rings. The van der Waals surface area contributed by atoms with Crippen LogP contribution in [0.15, 0.2) is 18.2 Å². The van der Waals surface area contributed by atoms with Crippen LogP contribution in [0.25, 0.3) is 11.0 Å². The summed E-state index contributed by atoms with van der Waals surface area (Å²) < 4.78 is 2.18. The second-order valence-corrected chi connectivity index (χ2v) is 5.64. The third kappa shape index (κ3) is 1.87. The lowest BCUT2D eigenvalue weighted by atomic mass is 10.1. The van der Waals surface area contributed by atoms with Crippen LogP contribution >= 0.6 is 11.6 Å². The molecular weight excluding hydrogens is 246 g/mol. The Balaban J connectivity index is 2.15. The molecule has 1 saturated carbocycles. The molecule has 1 fully saturated rings. The highest BCUT2D eigenvalue weighted by Crippen LogP contribution is 2.47. The van der Waals surface area contributed by atoms with Gasteiger partial charge in [0.15, 0.2) is 0 Å². The lowest BCUT2D eigenvalue weighted by Crippen LogP contribution is -2.10. The summed E-state index contributed by atoms with van der Waals surface area (Å²) in [4.78, 5) is 4.54. The number of alkyl halides is 1. The summed E-state index contributed by atoms with van der Waals surface area (Å²) >= 11 is 5.98. The SMILES string of the molecule is CC1(Cn2c(CCl)nc3ccc(C#N)cc32)CC1. The van der Waals surface area contributed by atoms with Crippen LogP contribution in [-0.2, 0) is 12.4 Å². The highest BCUT2D eigenvalue weighted by atomic mass is 35.5. The third-order valence-corrected chi connectivity index (χ3v) is 3.96. The van der Waals surface area contributed by atoms with E-state index in [2.05, 4.69) is 22.5 Å². The Labute approximate surface area is 111 Å². The maximum absolute atomic E-state index is 8.99. The molecule has 0 aliphatic heterocycles. The van der Waals surface area contributed by atoms with Crippen molar-refractivity contribution >= 4 is 22.6 Å². The first-order valence-corrected chi connectivity index (χ1v) is 6.64. The van der Waals surface area contributed by atoms with Crippen molar-refractivity contribution in [2.45, 2.75) is 32.2 Å². The second kappa shape index (κ2) is 4.00. The maximum atomic E-state index is 8.99. The quantitative estimate of drug-likeness (QED) is 0.793. The molecule has 1 heterocycles. The van der Waals surface area contributed by atoms with Crippen molar-refractivity contribution in [2.24, 2.45) is 5.41 Å². The molecule has 4 heteroatoms. The van der Waals surface area contributed by atoms with Gasteiger partial charge < -0.3 is 4.57 Å². The molecule has 18 heavy (non-hydrogen) atoms. The van der Waals surface area contributed by atoms with Crippen molar-refractivity contribution in [3.8, 4) is 6.07 Å². The summed E-state index contributed by atoms with van der Waals surface area (Å²) in [6.07, 6.45) is 2.51. The van der Waals surface area contributed by atoms with E-state index in [4.69, 9.17) is 16.9 Å². The summed E-state index contributed by atoms with van der Waals surface area (Å²) in [5.41, 5.74) is 3.01. The average molecular weight is 260 g/mol. The van der Waals surface area contributed by atoms with Crippen molar-refractivity contribution in [1.29, 1.82) is 5.26 Å². The van der Waals surface area contributed by atoms with Crippen LogP contribution in [0.5, 0.6) is 0 Å². The van der Waals surface area contributed by atoms with Gasteiger partial charge in [-0.3, -0.25) is 0 Å². The van der Waals surface area contributed by atoms with Gasteiger partial charge >= 0.3 is 0 Å². The summed E-state index contributed by atoms with van der Waals surface area (Å²) in [5, 5.41) is 8.99. The van der Waals surface area contributed by atoms with Gasteiger partial charge in [0, 0.05) is 6.54 Å². The minimum atomic E-state index is 0.386. The zero-order chi connectivity index (χ0) is 12.8. The minimum Gasteiger partial charge on any atom is -0.326 e. The zero-order valence-electron chi connectivity index (χ0n) is 10.3. The van der Waals surface area contributed by atoms with Crippen molar-refractivity contribution in [2.75, 3.05) is 0 Å². The number of hydrogen-bond donors (Lipinski definition) is 0. The van der Waals surface area contributed by atoms with Gasteiger partial charge in [0.05, 0.1) is 28.5 Å². The Morgan fingerprint density at radius 2 is 2.28 bits per heavy atom. The predicted octanol–water partition coefficient (Wildman–Crippen LogP) is 3.45. The van der Waals surface area contributed by atoms with Crippen LogP contribution in [-0.4, -0.2) is 9.55 Å². The van der Waals surface area contributed by atoms with Gasteiger partial charge in [-0.15, -0.1) is 11.6 Å². The fraction of sp³-hybridized carbons (Fsp3) is 0.429. The predicted molar refractivity (Wildman–Crippen MR) is 71.3 cm³/mol. The smallest absolute Gasteiger partial charge is 0.124 e. The van der Waals surface area contributed by atoms with E-state index in [1.165, 1.54) is 12.8 Å². The molecule has 0 saturated heterocycles. The Hall–Kier alpha value is -1.53. The molecule has 1 aliphatic rings. The second-order valence-electron chi connectivity index (χ2n) is 5.37. The summed E-state index contributed by atoms with van der Waals surface area (Å²) in [6, 6.07) is 7.79. The van der Waals surface area contributed by atoms with Gasteiger partial charge in [-0.1, -0.05) is 6.92 Å². The first kappa shape index (κ1) is 11.6. The van der Waals surface area contributed by atoms with Gasteiger partial charge in [0.25, 0.3) is 0 Å². The molecule has 3 nitrogen and oxygen atoms in total. The monoisotopic (exact) mass is 259 g/mol. The number of halogens is 1. The Kier molecular flexibility index (Phi) is 2.57. The molecule has 0 N–H and O–H groups in total. The molecular formula is C14H14ClN3. The molecule has 0 bridgehead atoms. The topological polar surface area (TPSA) is 41.6 Å². The molecule has 0 amide bonds. The summed E-state index contributed by atoms with van der Waals surface area (Å²) in [7, 11) is 0. The van der Waals surface area contributed by atoms with E-state index < -0.39 is 0 Å². The van der Waals surface area contributed by atoms with Gasteiger partial charge in [-0.25, -0.2) is 4.98 Å². The van der Waals surface area contributed by atoms with Crippen LogP contribution < -0.4 is 0 Å². The van der Waals surface area contributed by atoms with Crippen molar-refractivity contribution in [3.63, 3.8) is 0 Å². The van der Waals surface area contributed by atoms with Crippen LogP contribution in [0, 0.1) is 16.7 Å². The lowest BCUT2D eigenvalue weighted by molar-refractivity contribution is 0.465. The Bertz CT molecular complexity index is 647. The van der Waals surface area contributed by atoms with E-state index >= 15 is 0 Å². The largest absolute Gasteiger partial charge is 0.326 e. The molecule has 1 aliphatic carbocycles. The lowest BCUT2D eigenvalue weighted by Gasteiger charge is -2.12.